The minimum absolute atomic E-state index is 0. The van der Waals surface area contributed by atoms with E-state index in [1.807, 2.05) is 11.0 Å². The van der Waals surface area contributed by atoms with Gasteiger partial charge in [0.25, 0.3) is 0 Å². The van der Waals surface area contributed by atoms with E-state index in [0.29, 0.717) is 0 Å². The van der Waals surface area contributed by atoms with Gasteiger partial charge < -0.3 is 10.6 Å². The molecule has 4 nitrogen and oxygen atoms in total. The molecule has 0 aliphatic carbocycles. The Balaban J connectivity index is 0.00000180. The lowest BCUT2D eigenvalue weighted by Gasteiger charge is -2.39. The lowest BCUT2D eigenvalue weighted by molar-refractivity contribution is -0.134. The number of hydrogen-bond donors (Lipinski definition) is 1. The van der Waals surface area contributed by atoms with E-state index in [1.54, 1.807) is 0 Å². The zero-order valence-electron chi connectivity index (χ0n) is 11.7. The second-order valence-electron chi connectivity index (χ2n) is 4.86. The summed E-state index contributed by atoms with van der Waals surface area (Å²) in [7, 11) is 0. The van der Waals surface area contributed by atoms with Gasteiger partial charge in [0.15, 0.2) is 0 Å². The average Bonchev–Trinajstić information content (AvgIpc) is 2.39. The van der Waals surface area contributed by atoms with Crippen LogP contribution in [0.25, 0.3) is 0 Å². The summed E-state index contributed by atoms with van der Waals surface area (Å²) in [6, 6.07) is 10.7. The fourth-order valence-corrected chi connectivity index (χ4v) is 2.51. The molecule has 1 atom stereocenters. The molecule has 1 aliphatic rings. The summed E-state index contributed by atoms with van der Waals surface area (Å²) in [5, 5.41) is 0. The van der Waals surface area contributed by atoms with Gasteiger partial charge in [-0.3, -0.25) is 9.69 Å². The smallest absolute Gasteiger partial charge is 0.236 e. The van der Waals surface area contributed by atoms with Crippen molar-refractivity contribution in [2.24, 2.45) is 5.73 Å². The maximum Gasteiger partial charge on any atom is 0.236 e. The molecule has 1 saturated heterocycles. The first kappa shape index (κ1) is 19.2. The summed E-state index contributed by atoms with van der Waals surface area (Å²) in [5.41, 5.74) is 6.74. The molecule has 0 spiro atoms. The minimum Gasteiger partial charge on any atom is -0.336 e. The van der Waals surface area contributed by atoms with E-state index in [0.717, 1.165) is 26.2 Å². The summed E-state index contributed by atoms with van der Waals surface area (Å²) in [5.74, 6) is 0.0573. The Morgan fingerprint density at radius 3 is 2.45 bits per heavy atom. The molecular formula is C14H23Cl2N3O. The van der Waals surface area contributed by atoms with Crippen LogP contribution in [-0.2, 0) is 11.3 Å². The van der Waals surface area contributed by atoms with Crippen LogP contribution in [0.2, 0.25) is 0 Å². The fraction of sp³-hybridized carbons (Fsp3) is 0.500. The molecule has 1 aliphatic heterocycles. The van der Waals surface area contributed by atoms with Crippen molar-refractivity contribution in [3.63, 3.8) is 0 Å². The van der Waals surface area contributed by atoms with Crippen molar-refractivity contribution in [3.8, 4) is 0 Å². The Morgan fingerprint density at radius 1 is 1.25 bits per heavy atom. The molecule has 2 rings (SSSR count). The molecule has 0 radical (unpaired) electrons. The summed E-state index contributed by atoms with van der Waals surface area (Å²) < 4.78 is 0. The van der Waals surface area contributed by atoms with Crippen LogP contribution >= 0.6 is 24.8 Å². The third-order valence-electron chi connectivity index (χ3n) is 3.46. The lowest BCUT2D eigenvalue weighted by Crippen LogP contribution is -2.54. The Morgan fingerprint density at radius 2 is 1.90 bits per heavy atom. The van der Waals surface area contributed by atoms with Crippen LogP contribution in [-0.4, -0.2) is 47.9 Å². The molecule has 1 heterocycles. The van der Waals surface area contributed by atoms with Crippen molar-refractivity contribution in [3.05, 3.63) is 35.9 Å². The second kappa shape index (κ2) is 9.19. The van der Waals surface area contributed by atoms with Gasteiger partial charge in [-0.2, -0.15) is 0 Å². The first-order chi connectivity index (χ1) is 8.70. The second-order valence-corrected chi connectivity index (χ2v) is 4.86. The molecule has 0 aromatic heterocycles. The van der Waals surface area contributed by atoms with E-state index in [9.17, 15) is 4.79 Å². The molecule has 0 saturated carbocycles. The SMILES string of the molecule is CC1CN(Cc2ccccc2)CCN1C(=O)CN.Cl.Cl. The first-order valence-corrected chi connectivity index (χ1v) is 6.46. The quantitative estimate of drug-likeness (QED) is 0.919. The van der Waals surface area contributed by atoms with Gasteiger partial charge in [-0.15, -0.1) is 24.8 Å². The van der Waals surface area contributed by atoms with Crippen molar-refractivity contribution in [2.45, 2.75) is 19.5 Å². The number of benzene rings is 1. The minimum atomic E-state index is 0. The number of nitrogens with two attached hydrogens (primary N) is 1. The van der Waals surface area contributed by atoms with Crippen molar-refractivity contribution < 1.29 is 4.79 Å². The van der Waals surface area contributed by atoms with Crippen LogP contribution in [0.4, 0.5) is 0 Å². The fourth-order valence-electron chi connectivity index (χ4n) is 2.51. The highest BCUT2D eigenvalue weighted by atomic mass is 35.5. The number of amides is 1. The number of rotatable bonds is 3. The monoisotopic (exact) mass is 319 g/mol. The van der Waals surface area contributed by atoms with E-state index in [1.165, 1.54) is 5.56 Å². The van der Waals surface area contributed by atoms with Crippen LogP contribution in [0.3, 0.4) is 0 Å². The predicted octanol–water partition coefficient (Wildman–Crippen LogP) is 1.52. The van der Waals surface area contributed by atoms with Crippen LogP contribution in [0.15, 0.2) is 30.3 Å². The largest absolute Gasteiger partial charge is 0.336 e. The number of carbonyl (C=O) groups excluding carboxylic acids is 1. The molecule has 6 heteroatoms. The average molecular weight is 320 g/mol. The highest BCUT2D eigenvalue weighted by molar-refractivity contribution is 5.85. The first-order valence-electron chi connectivity index (χ1n) is 6.46. The normalized spacial score (nSPS) is 18.9. The van der Waals surface area contributed by atoms with E-state index < -0.39 is 0 Å². The lowest BCUT2D eigenvalue weighted by atomic mass is 10.1. The van der Waals surface area contributed by atoms with E-state index in [-0.39, 0.29) is 43.3 Å². The molecular weight excluding hydrogens is 297 g/mol. The van der Waals surface area contributed by atoms with Gasteiger partial charge in [0.05, 0.1) is 6.54 Å². The summed E-state index contributed by atoms with van der Waals surface area (Å²) >= 11 is 0. The van der Waals surface area contributed by atoms with Crippen molar-refractivity contribution in [2.75, 3.05) is 26.2 Å². The van der Waals surface area contributed by atoms with E-state index >= 15 is 0 Å². The maximum atomic E-state index is 11.6. The molecule has 114 valence electrons. The molecule has 0 bridgehead atoms. The van der Waals surface area contributed by atoms with Gasteiger partial charge in [-0.05, 0) is 12.5 Å². The van der Waals surface area contributed by atoms with Gasteiger partial charge in [-0.1, -0.05) is 30.3 Å². The zero-order valence-corrected chi connectivity index (χ0v) is 13.3. The topological polar surface area (TPSA) is 49.6 Å². The Kier molecular flexibility index (Phi) is 8.81. The molecule has 1 amide bonds. The highest BCUT2D eigenvalue weighted by Gasteiger charge is 2.26. The van der Waals surface area contributed by atoms with Gasteiger partial charge in [-0.25, -0.2) is 0 Å². The molecule has 2 N–H and O–H groups in total. The Bertz CT molecular complexity index is 403. The third kappa shape index (κ3) is 4.94. The zero-order chi connectivity index (χ0) is 13.0. The Hall–Kier alpha value is -0.810. The number of piperazine rings is 1. The Labute approximate surface area is 133 Å². The maximum absolute atomic E-state index is 11.6. The number of halogens is 2. The van der Waals surface area contributed by atoms with Crippen LogP contribution < -0.4 is 5.73 Å². The van der Waals surface area contributed by atoms with E-state index in [2.05, 4.69) is 36.1 Å². The number of hydrogen-bond acceptors (Lipinski definition) is 3. The summed E-state index contributed by atoms with van der Waals surface area (Å²) in [4.78, 5) is 15.9. The standard InChI is InChI=1S/C14H21N3O.2ClH/c1-12-10-16(7-8-17(12)14(18)9-15)11-13-5-3-2-4-6-13;;/h2-6,12H,7-11,15H2,1H3;2*1H. The molecule has 1 aromatic rings. The van der Waals surface area contributed by atoms with Crippen molar-refractivity contribution in [1.29, 1.82) is 0 Å². The van der Waals surface area contributed by atoms with Crippen LogP contribution in [0.1, 0.15) is 12.5 Å². The molecule has 1 aromatic carbocycles. The highest BCUT2D eigenvalue weighted by Crippen LogP contribution is 2.12. The van der Waals surface area contributed by atoms with Gasteiger partial charge in [0.1, 0.15) is 0 Å². The molecule has 1 unspecified atom stereocenters. The van der Waals surface area contributed by atoms with Crippen LogP contribution in [0, 0.1) is 0 Å². The van der Waals surface area contributed by atoms with Crippen molar-refractivity contribution in [1.82, 2.24) is 9.80 Å². The van der Waals surface area contributed by atoms with Crippen molar-refractivity contribution >= 4 is 30.7 Å². The number of carbonyl (C=O) groups is 1. The van der Waals surface area contributed by atoms with Gasteiger partial charge >= 0.3 is 0 Å². The summed E-state index contributed by atoms with van der Waals surface area (Å²) in [6.07, 6.45) is 0. The van der Waals surface area contributed by atoms with Gasteiger partial charge in [0.2, 0.25) is 5.91 Å². The molecule has 1 fully saturated rings. The summed E-state index contributed by atoms with van der Waals surface area (Å²) in [6.45, 7) is 5.78. The van der Waals surface area contributed by atoms with E-state index in [4.69, 9.17) is 5.73 Å². The predicted molar refractivity (Wildman–Crippen MR) is 86.4 cm³/mol. The molecule has 20 heavy (non-hydrogen) atoms. The van der Waals surface area contributed by atoms with Crippen LogP contribution in [0.5, 0.6) is 0 Å². The van der Waals surface area contributed by atoms with Gasteiger partial charge in [0, 0.05) is 32.2 Å². The third-order valence-corrected chi connectivity index (χ3v) is 3.46. The number of nitrogens with zero attached hydrogens (tertiary/aromatic N) is 2.